The molecule has 0 bridgehead atoms. The summed E-state index contributed by atoms with van der Waals surface area (Å²) in [5, 5.41) is 0. The molecule has 1 aliphatic rings. The number of unbranched alkanes of at least 4 members (excludes halogenated alkanes) is 7. The van der Waals surface area contributed by atoms with Crippen LogP contribution >= 0.6 is 17.0 Å². The number of amides is 2. The van der Waals surface area contributed by atoms with Crippen molar-refractivity contribution in [1.29, 1.82) is 0 Å². The topological polar surface area (TPSA) is 37.4 Å². The number of nitrogens with zero attached hydrogens (tertiary/aromatic N) is 2. The molecule has 146 valence electrons. The quantitative estimate of drug-likeness (QED) is 0.283. The van der Waals surface area contributed by atoms with E-state index in [9.17, 15) is 9.59 Å². The summed E-state index contributed by atoms with van der Waals surface area (Å²) in [5.74, 6) is -0.301. The van der Waals surface area contributed by atoms with E-state index < -0.39 is 0 Å². The highest BCUT2D eigenvalue weighted by Crippen LogP contribution is 2.23. The SMILES string of the molecule is Br.CCCCCCCCCC[N+](C)(C)CN1C(=O)c2ccccc2C1=O. The molecule has 0 N–H and O–H groups in total. The van der Waals surface area contributed by atoms with Crippen molar-refractivity contribution >= 4 is 28.8 Å². The summed E-state index contributed by atoms with van der Waals surface area (Å²) in [6, 6.07) is 7.12. The summed E-state index contributed by atoms with van der Waals surface area (Å²) in [6.07, 6.45) is 10.3. The minimum absolute atomic E-state index is 0. The number of carbonyl (C=O) groups excluding carboxylic acids is 2. The first-order chi connectivity index (χ1) is 12.0. The molecule has 2 rings (SSSR count). The van der Waals surface area contributed by atoms with Gasteiger partial charge in [0.15, 0.2) is 6.67 Å². The van der Waals surface area contributed by atoms with Crippen molar-refractivity contribution in [3.05, 3.63) is 35.4 Å². The van der Waals surface area contributed by atoms with Crippen molar-refractivity contribution in [2.45, 2.75) is 58.3 Å². The third-order valence-corrected chi connectivity index (χ3v) is 5.02. The summed E-state index contributed by atoms with van der Waals surface area (Å²) >= 11 is 0. The van der Waals surface area contributed by atoms with E-state index in [1.165, 1.54) is 49.8 Å². The molecule has 0 spiro atoms. The highest BCUT2D eigenvalue weighted by atomic mass is 79.9. The molecule has 1 aromatic carbocycles. The van der Waals surface area contributed by atoms with Gasteiger partial charge in [0, 0.05) is 0 Å². The van der Waals surface area contributed by atoms with Gasteiger partial charge < -0.3 is 4.48 Å². The Balaban J connectivity index is 0.00000338. The second-order valence-corrected chi connectivity index (χ2v) is 7.86. The van der Waals surface area contributed by atoms with Crippen LogP contribution in [-0.4, -0.2) is 48.5 Å². The van der Waals surface area contributed by atoms with Crippen molar-refractivity contribution in [2.75, 3.05) is 27.3 Å². The van der Waals surface area contributed by atoms with E-state index in [4.69, 9.17) is 0 Å². The molecule has 0 aromatic heterocycles. The average molecular weight is 426 g/mol. The molecule has 1 aliphatic heterocycles. The number of imide groups is 1. The maximum atomic E-state index is 12.5. The van der Waals surface area contributed by atoms with Crippen LogP contribution in [0.5, 0.6) is 0 Å². The minimum Gasteiger partial charge on any atom is -0.311 e. The molecular formula is C21H34BrN2O2+. The third kappa shape index (κ3) is 6.20. The second-order valence-electron chi connectivity index (χ2n) is 7.86. The zero-order valence-corrected chi connectivity index (χ0v) is 18.2. The van der Waals surface area contributed by atoms with Gasteiger partial charge >= 0.3 is 0 Å². The van der Waals surface area contributed by atoms with E-state index in [0.29, 0.717) is 22.3 Å². The zero-order valence-electron chi connectivity index (χ0n) is 16.5. The van der Waals surface area contributed by atoms with Gasteiger partial charge in [-0.05, 0) is 25.0 Å². The minimum atomic E-state index is -0.150. The van der Waals surface area contributed by atoms with Crippen LogP contribution in [0.25, 0.3) is 0 Å². The Kier molecular flexibility index (Phi) is 9.51. The molecule has 5 heteroatoms. The average Bonchev–Trinajstić information content (AvgIpc) is 2.82. The van der Waals surface area contributed by atoms with Gasteiger partial charge in [-0.15, -0.1) is 17.0 Å². The Hall–Kier alpha value is -1.20. The Morgan fingerprint density at radius 2 is 1.27 bits per heavy atom. The first kappa shape index (κ1) is 22.8. The standard InChI is InChI=1S/C21H33N2O2.BrH/c1-4-5-6-7-8-9-10-13-16-23(2,3)17-22-20(24)18-14-11-12-15-19(18)21(22)25;/h11-12,14-15H,4-10,13,16-17H2,1-3H3;1H/q+1;. The van der Waals surface area contributed by atoms with Gasteiger partial charge in [0.05, 0.1) is 31.8 Å². The lowest BCUT2D eigenvalue weighted by atomic mass is 10.1. The van der Waals surface area contributed by atoms with Crippen molar-refractivity contribution in [3.8, 4) is 0 Å². The van der Waals surface area contributed by atoms with Crippen LogP contribution < -0.4 is 0 Å². The maximum absolute atomic E-state index is 12.5. The number of halogens is 1. The normalized spacial score (nSPS) is 13.7. The van der Waals surface area contributed by atoms with Crippen LogP contribution in [0.15, 0.2) is 24.3 Å². The van der Waals surface area contributed by atoms with Gasteiger partial charge in [-0.2, -0.15) is 0 Å². The fraction of sp³-hybridized carbons (Fsp3) is 0.619. The zero-order chi connectivity index (χ0) is 18.3. The number of benzene rings is 1. The lowest BCUT2D eigenvalue weighted by molar-refractivity contribution is -0.897. The molecule has 1 heterocycles. The molecule has 2 amide bonds. The van der Waals surface area contributed by atoms with Crippen molar-refractivity contribution < 1.29 is 14.1 Å². The predicted molar refractivity (Wildman–Crippen MR) is 112 cm³/mol. The summed E-state index contributed by atoms with van der Waals surface area (Å²) in [5.41, 5.74) is 1.08. The smallest absolute Gasteiger partial charge is 0.265 e. The Bertz CT molecular complexity index is 566. The summed E-state index contributed by atoms with van der Waals surface area (Å²) in [4.78, 5) is 26.4. The molecule has 0 unspecified atom stereocenters. The number of hydrogen-bond donors (Lipinski definition) is 0. The van der Waals surface area contributed by atoms with Gasteiger partial charge in [-0.1, -0.05) is 57.6 Å². The molecule has 1 aromatic rings. The monoisotopic (exact) mass is 425 g/mol. The number of hydrogen-bond acceptors (Lipinski definition) is 2. The maximum Gasteiger partial charge on any atom is 0.265 e. The molecule has 26 heavy (non-hydrogen) atoms. The van der Waals surface area contributed by atoms with Crippen LogP contribution in [0.4, 0.5) is 0 Å². The Labute approximate surface area is 168 Å². The summed E-state index contributed by atoms with van der Waals surface area (Å²) in [7, 11) is 4.20. The first-order valence-corrected chi connectivity index (χ1v) is 9.73. The fourth-order valence-electron chi connectivity index (χ4n) is 3.49. The molecule has 4 nitrogen and oxygen atoms in total. The van der Waals surface area contributed by atoms with Crippen LogP contribution in [0.3, 0.4) is 0 Å². The molecule has 0 radical (unpaired) electrons. The number of carbonyl (C=O) groups is 2. The number of quaternary nitrogens is 1. The van der Waals surface area contributed by atoms with E-state index in [1.54, 1.807) is 12.1 Å². The highest BCUT2D eigenvalue weighted by molar-refractivity contribution is 8.93. The van der Waals surface area contributed by atoms with Crippen LogP contribution in [0.1, 0.15) is 79.0 Å². The number of fused-ring (bicyclic) bond motifs is 1. The Morgan fingerprint density at radius 1 is 0.808 bits per heavy atom. The van der Waals surface area contributed by atoms with Crippen LogP contribution in [0.2, 0.25) is 0 Å². The first-order valence-electron chi connectivity index (χ1n) is 9.73. The van der Waals surface area contributed by atoms with Gasteiger partial charge in [-0.25, -0.2) is 4.90 Å². The van der Waals surface area contributed by atoms with E-state index in [1.807, 2.05) is 12.1 Å². The lowest BCUT2D eigenvalue weighted by Gasteiger charge is -2.32. The van der Waals surface area contributed by atoms with Gasteiger partial charge in [0.25, 0.3) is 11.8 Å². The van der Waals surface area contributed by atoms with Gasteiger partial charge in [0.1, 0.15) is 0 Å². The van der Waals surface area contributed by atoms with Crippen LogP contribution in [0, 0.1) is 0 Å². The lowest BCUT2D eigenvalue weighted by Crippen LogP contribution is -2.50. The Morgan fingerprint density at radius 3 is 1.77 bits per heavy atom. The molecule has 0 saturated heterocycles. The van der Waals surface area contributed by atoms with Gasteiger partial charge in [0.2, 0.25) is 0 Å². The highest BCUT2D eigenvalue weighted by Gasteiger charge is 2.38. The molecule has 0 saturated carbocycles. The molecule has 0 aliphatic carbocycles. The summed E-state index contributed by atoms with van der Waals surface area (Å²) < 4.78 is 0.668. The molecular weight excluding hydrogens is 392 g/mol. The molecule has 0 fully saturated rings. The second kappa shape index (κ2) is 10.8. The predicted octanol–water partition coefficient (Wildman–Crippen LogP) is 5.04. The third-order valence-electron chi connectivity index (χ3n) is 5.02. The molecule has 0 atom stereocenters. The number of rotatable bonds is 11. The van der Waals surface area contributed by atoms with E-state index in [0.717, 1.165) is 13.0 Å². The van der Waals surface area contributed by atoms with E-state index in [-0.39, 0.29) is 28.8 Å². The van der Waals surface area contributed by atoms with Crippen molar-refractivity contribution in [3.63, 3.8) is 0 Å². The van der Waals surface area contributed by atoms with Crippen molar-refractivity contribution in [1.82, 2.24) is 4.90 Å². The van der Waals surface area contributed by atoms with Crippen molar-refractivity contribution in [2.24, 2.45) is 0 Å². The van der Waals surface area contributed by atoms with Crippen LogP contribution in [-0.2, 0) is 0 Å². The summed E-state index contributed by atoms with van der Waals surface area (Å²) in [6.45, 7) is 3.68. The van der Waals surface area contributed by atoms with Gasteiger partial charge in [-0.3, -0.25) is 9.59 Å². The van der Waals surface area contributed by atoms with E-state index >= 15 is 0 Å². The van der Waals surface area contributed by atoms with E-state index in [2.05, 4.69) is 21.0 Å². The largest absolute Gasteiger partial charge is 0.311 e. The fourth-order valence-corrected chi connectivity index (χ4v) is 3.49.